The summed E-state index contributed by atoms with van der Waals surface area (Å²) in [5.41, 5.74) is 9.87. The molecule has 24 heavy (non-hydrogen) atoms. The van der Waals surface area contributed by atoms with Crippen molar-refractivity contribution in [1.82, 2.24) is 9.80 Å². The third-order valence-corrected chi connectivity index (χ3v) is 4.61. The molecule has 0 radical (unpaired) electrons. The molecule has 2 atom stereocenters. The Kier molecular flexibility index (Phi) is 4.69. The van der Waals surface area contributed by atoms with E-state index in [4.69, 9.17) is 5.53 Å². The molecule has 2 unspecified atom stereocenters. The van der Waals surface area contributed by atoms with Crippen molar-refractivity contribution in [1.29, 1.82) is 0 Å². The van der Waals surface area contributed by atoms with Crippen LogP contribution in [0.2, 0.25) is 0 Å². The summed E-state index contributed by atoms with van der Waals surface area (Å²) in [6.07, 6.45) is -0.569. The van der Waals surface area contributed by atoms with Crippen LogP contribution in [0.25, 0.3) is 10.4 Å². The van der Waals surface area contributed by atoms with Crippen LogP contribution in [0.3, 0.4) is 0 Å². The van der Waals surface area contributed by atoms with Gasteiger partial charge in [-0.2, -0.15) is 0 Å². The molecule has 1 aromatic carbocycles. The van der Waals surface area contributed by atoms with Crippen LogP contribution in [-0.4, -0.2) is 53.3 Å². The average molecular weight is 335 g/mol. The van der Waals surface area contributed by atoms with Crippen molar-refractivity contribution >= 4 is 5.91 Å². The van der Waals surface area contributed by atoms with Gasteiger partial charge < -0.3 is 4.90 Å². The maximum atomic E-state index is 13.7. The second kappa shape index (κ2) is 6.75. The fourth-order valence-corrected chi connectivity index (χ4v) is 3.46. The van der Waals surface area contributed by atoms with Crippen LogP contribution >= 0.6 is 0 Å². The van der Waals surface area contributed by atoms with Gasteiger partial charge in [0, 0.05) is 37.4 Å². The first-order chi connectivity index (χ1) is 11.5. The van der Waals surface area contributed by atoms with Crippen LogP contribution in [0.4, 0.5) is 8.78 Å². The molecule has 2 aliphatic heterocycles. The molecule has 0 bridgehead atoms. The Labute approximate surface area is 138 Å². The predicted molar refractivity (Wildman–Crippen MR) is 84.3 cm³/mol. The zero-order valence-corrected chi connectivity index (χ0v) is 13.2. The van der Waals surface area contributed by atoms with Gasteiger partial charge in [-0.05, 0) is 11.1 Å². The molecule has 1 aromatic rings. The van der Waals surface area contributed by atoms with E-state index in [1.165, 1.54) is 4.90 Å². The van der Waals surface area contributed by atoms with Crippen molar-refractivity contribution in [2.75, 3.05) is 19.6 Å². The Morgan fingerprint density at radius 3 is 2.75 bits per heavy atom. The minimum absolute atomic E-state index is 0.162. The number of carbonyl (C=O) groups excluding carboxylic acids is 1. The third-order valence-electron chi connectivity index (χ3n) is 4.61. The minimum Gasteiger partial charge on any atom is -0.332 e. The van der Waals surface area contributed by atoms with Gasteiger partial charge in [0.05, 0.1) is 18.6 Å². The molecule has 0 aromatic heterocycles. The van der Waals surface area contributed by atoms with Crippen LogP contribution < -0.4 is 0 Å². The molecule has 6 nitrogen and oxygen atoms in total. The number of carbonyl (C=O) groups is 1. The Hall–Kier alpha value is -2.18. The Morgan fingerprint density at radius 1 is 1.29 bits per heavy atom. The van der Waals surface area contributed by atoms with Gasteiger partial charge in [-0.1, -0.05) is 35.4 Å². The van der Waals surface area contributed by atoms with E-state index in [2.05, 4.69) is 10.0 Å². The molecule has 1 amide bonds. The largest absolute Gasteiger partial charge is 0.332 e. The molecular weight excluding hydrogens is 316 g/mol. The van der Waals surface area contributed by atoms with E-state index in [9.17, 15) is 13.6 Å². The van der Waals surface area contributed by atoms with E-state index in [1.54, 1.807) is 0 Å². The highest BCUT2D eigenvalue weighted by Gasteiger charge is 2.46. The van der Waals surface area contributed by atoms with Gasteiger partial charge in [0.25, 0.3) is 5.92 Å². The molecular formula is C16H19F2N5O. The summed E-state index contributed by atoms with van der Waals surface area (Å²) in [5.74, 6) is -3.16. The van der Waals surface area contributed by atoms with E-state index in [1.807, 2.05) is 35.2 Å². The van der Waals surface area contributed by atoms with Crippen LogP contribution in [0.1, 0.15) is 18.4 Å². The first kappa shape index (κ1) is 16.7. The Balaban J connectivity index is 1.75. The van der Waals surface area contributed by atoms with Crippen LogP contribution in [0, 0.1) is 0 Å². The van der Waals surface area contributed by atoms with Crippen molar-refractivity contribution < 1.29 is 13.6 Å². The van der Waals surface area contributed by atoms with Crippen molar-refractivity contribution in [2.45, 2.75) is 37.4 Å². The number of amides is 1. The van der Waals surface area contributed by atoms with Gasteiger partial charge in [-0.3, -0.25) is 9.69 Å². The van der Waals surface area contributed by atoms with Crippen molar-refractivity contribution in [2.24, 2.45) is 5.11 Å². The van der Waals surface area contributed by atoms with E-state index < -0.39 is 31.0 Å². The average Bonchev–Trinajstić information content (AvgIpc) is 2.93. The lowest BCUT2D eigenvalue weighted by Gasteiger charge is -2.37. The molecule has 0 saturated carbocycles. The number of hydrogen-bond donors (Lipinski definition) is 0. The molecule has 0 N–H and O–H groups in total. The highest BCUT2D eigenvalue weighted by molar-refractivity contribution is 5.77. The quantitative estimate of drug-likeness (QED) is 0.482. The Bertz CT molecular complexity index is 647. The lowest BCUT2D eigenvalue weighted by Crippen LogP contribution is -2.54. The topological polar surface area (TPSA) is 72.3 Å². The Morgan fingerprint density at radius 2 is 2.04 bits per heavy atom. The highest BCUT2D eigenvalue weighted by atomic mass is 19.3. The second-order valence-electron chi connectivity index (χ2n) is 6.40. The first-order valence-electron chi connectivity index (χ1n) is 7.96. The predicted octanol–water partition coefficient (Wildman–Crippen LogP) is 2.81. The van der Waals surface area contributed by atoms with Crippen molar-refractivity contribution in [3.05, 3.63) is 46.3 Å². The van der Waals surface area contributed by atoms with Crippen molar-refractivity contribution in [3.63, 3.8) is 0 Å². The standard InChI is InChI=1S/C16H19F2N5O/c17-16(18)7-6-15(24)23(11-16)14-10-22(9-13(14)20-21-19)8-12-4-2-1-3-5-12/h1-5,13-14H,6-11H2. The summed E-state index contributed by atoms with van der Waals surface area (Å²) in [6.45, 7) is 0.930. The zero-order chi connectivity index (χ0) is 17.2. The summed E-state index contributed by atoms with van der Waals surface area (Å²) >= 11 is 0. The van der Waals surface area contributed by atoms with Gasteiger partial charge in [-0.25, -0.2) is 8.78 Å². The number of alkyl halides is 2. The number of likely N-dealkylation sites (tertiary alicyclic amines) is 2. The second-order valence-corrected chi connectivity index (χ2v) is 6.40. The number of piperidine rings is 1. The van der Waals surface area contributed by atoms with Gasteiger partial charge in [-0.15, -0.1) is 0 Å². The molecule has 128 valence electrons. The van der Waals surface area contributed by atoms with Gasteiger partial charge in [0.1, 0.15) is 0 Å². The number of halogens is 2. The van der Waals surface area contributed by atoms with E-state index in [0.717, 1.165) is 5.56 Å². The van der Waals surface area contributed by atoms with Gasteiger partial charge in [0.15, 0.2) is 0 Å². The fourth-order valence-electron chi connectivity index (χ4n) is 3.46. The normalized spacial score (nSPS) is 27.1. The molecule has 0 aliphatic carbocycles. The molecule has 2 heterocycles. The lowest BCUT2D eigenvalue weighted by atomic mass is 10.0. The van der Waals surface area contributed by atoms with Crippen LogP contribution in [0.15, 0.2) is 35.4 Å². The summed E-state index contributed by atoms with van der Waals surface area (Å²) in [7, 11) is 0. The summed E-state index contributed by atoms with van der Waals surface area (Å²) in [4.78, 5) is 18.2. The molecule has 2 fully saturated rings. The minimum atomic E-state index is -2.87. The molecule has 2 aliphatic rings. The number of azide groups is 1. The fraction of sp³-hybridized carbons (Fsp3) is 0.562. The number of benzene rings is 1. The van der Waals surface area contributed by atoms with E-state index in [0.29, 0.717) is 19.6 Å². The van der Waals surface area contributed by atoms with Gasteiger partial charge >= 0.3 is 0 Å². The van der Waals surface area contributed by atoms with Crippen molar-refractivity contribution in [3.8, 4) is 0 Å². The zero-order valence-electron chi connectivity index (χ0n) is 13.2. The molecule has 8 heteroatoms. The SMILES string of the molecule is [N-]=[N+]=NC1CN(Cc2ccccc2)CC1N1CC(F)(F)CCC1=O. The van der Waals surface area contributed by atoms with Crippen LogP contribution in [0.5, 0.6) is 0 Å². The smallest absolute Gasteiger partial charge is 0.265 e. The summed E-state index contributed by atoms with van der Waals surface area (Å²) < 4.78 is 27.5. The maximum Gasteiger partial charge on any atom is 0.265 e. The number of rotatable bonds is 4. The maximum absolute atomic E-state index is 13.7. The van der Waals surface area contributed by atoms with E-state index in [-0.39, 0.29) is 12.3 Å². The molecule has 2 saturated heterocycles. The molecule has 3 rings (SSSR count). The summed E-state index contributed by atoms with van der Waals surface area (Å²) in [5, 5.41) is 3.75. The van der Waals surface area contributed by atoms with Crippen LogP contribution in [-0.2, 0) is 11.3 Å². The third kappa shape index (κ3) is 3.66. The first-order valence-corrected chi connectivity index (χ1v) is 7.96. The highest BCUT2D eigenvalue weighted by Crippen LogP contribution is 2.31. The number of nitrogens with zero attached hydrogens (tertiary/aromatic N) is 5. The molecule has 0 spiro atoms. The van der Waals surface area contributed by atoms with E-state index >= 15 is 0 Å². The summed E-state index contributed by atoms with van der Waals surface area (Å²) in [6, 6.07) is 8.75. The van der Waals surface area contributed by atoms with Gasteiger partial charge in [0.2, 0.25) is 5.91 Å². The number of hydrogen-bond acceptors (Lipinski definition) is 3. The lowest BCUT2D eigenvalue weighted by molar-refractivity contribution is -0.150. The monoisotopic (exact) mass is 335 g/mol.